The Labute approximate surface area is 138 Å². The molecule has 2 rings (SSSR count). The van der Waals surface area contributed by atoms with Crippen LogP contribution in [-0.4, -0.2) is 38.9 Å². The van der Waals surface area contributed by atoms with Gasteiger partial charge in [-0.25, -0.2) is 9.67 Å². The fraction of sp³-hybridized carbons (Fsp3) is 0.357. The minimum absolute atomic E-state index is 0.0115. The molecular formula is C14H16Cl2N4O2. The van der Waals surface area contributed by atoms with Gasteiger partial charge in [-0.2, -0.15) is 0 Å². The highest BCUT2D eigenvalue weighted by molar-refractivity contribution is 6.37. The molecule has 0 atom stereocenters. The van der Waals surface area contributed by atoms with Crippen molar-refractivity contribution in [2.24, 2.45) is 0 Å². The summed E-state index contributed by atoms with van der Waals surface area (Å²) in [6.07, 6.45) is 1.04. The van der Waals surface area contributed by atoms with Crippen LogP contribution in [0, 0.1) is 0 Å². The first-order valence-electron chi connectivity index (χ1n) is 6.87. The van der Waals surface area contributed by atoms with Gasteiger partial charge in [0.1, 0.15) is 11.5 Å². The van der Waals surface area contributed by atoms with Crippen molar-refractivity contribution >= 4 is 29.1 Å². The van der Waals surface area contributed by atoms with Crippen LogP contribution in [-0.2, 0) is 6.42 Å². The van der Waals surface area contributed by atoms with Crippen LogP contribution >= 0.6 is 23.2 Å². The zero-order valence-corrected chi connectivity index (χ0v) is 13.5. The zero-order chi connectivity index (χ0) is 16.1. The molecule has 0 fully saturated rings. The average Bonchev–Trinajstić information content (AvgIpc) is 2.91. The number of halogens is 2. The standard InChI is InChI=1S/C14H16Cl2N4O2/c1-2-11-18-13(14(22)17-7-4-8-21)19-20(11)12-9(15)5-3-6-10(12)16/h3,5-6,21H,2,4,7-8H2,1H3,(H,17,22). The molecule has 0 saturated heterocycles. The van der Waals surface area contributed by atoms with E-state index in [1.165, 1.54) is 4.68 Å². The van der Waals surface area contributed by atoms with E-state index in [1.54, 1.807) is 18.2 Å². The van der Waals surface area contributed by atoms with Crippen molar-refractivity contribution in [3.8, 4) is 5.69 Å². The van der Waals surface area contributed by atoms with Crippen LogP contribution in [0.3, 0.4) is 0 Å². The van der Waals surface area contributed by atoms with E-state index in [4.69, 9.17) is 28.3 Å². The molecule has 0 radical (unpaired) electrons. The van der Waals surface area contributed by atoms with Crippen LogP contribution in [0.5, 0.6) is 0 Å². The molecule has 22 heavy (non-hydrogen) atoms. The lowest BCUT2D eigenvalue weighted by atomic mass is 10.3. The molecule has 2 aromatic rings. The van der Waals surface area contributed by atoms with E-state index in [2.05, 4.69) is 15.4 Å². The molecule has 0 bridgehead atoms. The second kappa shape index (κ2) is 7.58. The highest BCUT2D eigenvalue weighted by Gasteiger charge is 2.19. The molecule has 0 saturated carbocycles. The van der Waals surface area contributed by atoms with E-state index in [-0.39, 0.29) is 12.4 Å². The van der Waals surface area contributed by atoms with Gasteiger partial charge in [0.05, 0.1) is 10.0 Å². The van der Waals surface area contributed by atoms with E-state index < -0.39 is 5.91 Å². The summed E-state index contributed by atoms with van der Waals surface area (Å²) in [4.78, 5) is 16.2. The van der Waals surface area contributed by atoms with Gasteiger partial charge in [0.15, 0.2) is 0 Å². The lowest BCUT2D eigenvalue weighted by Gasteiger charge is -2.08. The molecule has 1 aromatic carbocycles. The molecule has 118 valence electrons. The number of nitrogens with one attached hydrogen (secondary N) is 1. The Bertz CT molecular complexity index is 653. The third-order valence-corrected chi connectivity index (χ3v) is 3.57. The first kappa shape index (κ1) is 16.7. The van der Waals surface area contributed by atoms with Gasteiger partial charge in [0, 0.05) is 19.6 Å². The van der Waals surface area contributed by atoms with Gasteiger partial charge < -0.3 is 10.4 Å². The molecule has 0 spiro atoms. The van der Waals surface area contributed by atoms with Crippen LogP contribution in [0.4, 0.5) is 0 Å². The average molecular weight is 343 g/mol. The van der Waals surface area contributed by atoms with E-state index in [0.717, 1.165) is 0 Å². The number of benzene rings is 1. The Kier molecular flexibility index (Phi) is 5.76. The molecule has 1 aromatic heterocycles. The first-order valence-corrected chi connectivity index (χ1v) is 7.63. The predicted octanol–water partition coefficient (Wildman–Crippen LogP) is 2.25. The maximum atomic E-state index is 12.0. The number of aromatic nitrogens is 3. The number of para-hydroxylation sites is 1. The minimum atomic E-state index is -0.398. The van der Waals surface area contributed by atoms with E-state index in [0.29, 0.717) is 40.9 Å². The summed E-state index contributed by atoms with van der Waals surface area (Å²) in [6, 6.07) is 5.13. The first-order chi connectivity index (χ1) is 10.6. The van der Waals surface area contributed by atoms with Crippen molar-refractivity contribution in [1.82, 2.24) is 20.1 Å². The van der Waals surface area contributed by atoms with Crippen molar-refractivity contribution in [3.05, 3.63) is 39.9 Å². The number of rotatable bonds is 6. The largest absolute Gasteiger partial charge is 0.396 e. The summed E-state index contributed by atoms with van der Waals surface area (Å²) in [6.45, 7) is 2.27. The molecule has 6 nitrogen and oxygen atoms in total. The van der Waals surface area contributed by atoms with Crippen LogP contribution in [0.25, 0.3) is 5.69 Å². The summed E-state index contributed by atoms with van der Waals surface area (Å²) in [5.41, 5.74) is 0.504. The van der Waals surface area contributed by atoms with Crippen molar-refractivity contribution in [3.63, 3.8) is 0 Å². The van der Waals surface area contributed by atoms with Gasteiger partial charge in [0.25, 0.3) is 5.91 Å². The number of amides is 1. The number of carbonyl (C=O) groups excluding carboxylic acids is 1. The third-order valence-electron chi connectivity index (χ3n) is 2.96. The van der Waals surface area contributed by atoms with Crippen LogP contribution in [0.2, 0.25) is 10.0 Å². The number of nitrogens with zero attached hydrogens (tertiary/aromatic N) is 3. The lowest BCUT2D eigenvalue weighted by molar-refractivity contribution is 0.0941. The molecule has 0 aliphatic heterocycles. The quantitative estimate of drug-likeness (QED) is 0.789. The minimum Gasteiger partial charge on any atom is -0.396 e. The monoisotopic (exact) mass is 342 g/mol. The van der Waals surface area contributed by atoms with Crippen molar-refractivity contribution in [2.75, 3.05) is 13.2 Å². The maximum Gasteiger partial charge on any atom is 0.290 e. The van der Waals surface area contributed by atoms with Crippen LogP contribution in [0.1, 0.15) is 29.8 Å². The van der Waals surface area contributed by atoms with E-state index in [9.17, 15) is 4.79 Å². The van der Waals surface area contributed by atoms with Gasteiger partial charge >= 0.3 is 0 Å². The van der Waals surface area contributed by atoms with Crippen molar-refractivity contribution in [2.45, 2.75) is 19.8 Å². The molecule has 1 amide bonds. The molecule has 8 heteroatoms. The van der Waals surface area contributed by atoms with Gasteiger partial charge in [0.2, 0.25) is 5.82 Å². The number of aliphatic hydroxyl groups is 1. The molecule has 2 N–H and O–H groups in total. The topological polar surface area (TPSA) is 80.0 Å². The molecule has 0 aliphatic rings. The number of aliphatic hydroxyl groups excluding tert-OH is 1. The number of aryl methyl sites for hydroxylation is 1. The summed E-state index contributed by atoms with van der Waals surface area (Å²) >= 11 is 12.4. The molecule has 1 heterocycles. The second-order valence-electron chi connectivity index (χ2n) is 4.52. The summed E-state index contributed by atoms with van der Waals surface area (Å²) in [5, 5.41) is 16.4. The summed E-state index contributed by atoms with van der Waals surface area (Å²) in [5.74, 6) is 0.234. The van der Waals surface area contributed by atoms with Gasteiger partial charge in [-0.05, 0) is 18.6 Å². The Balaban J connectivity index is 2.35. The molecular weight excluding hydrogens is 327 g/mol. The van der Waals surface area contributed by atoms with Gasteiger partial charge in [-0.3, -0.25) is 4.79 Å². The highest BCUT2D eigenvalue weighted by Crippen LogP contribution is 2.28. The second-order valence-corrected chi connectivity index (χ2v) is 5.33. The van der Waals surface area contributed by atoms with Crippen molar-refractivity contribution in [1.29, 1.82) is 0 Å². The van der Waals surface area contributed by atoms with Crippen molar-refractivity contribution < 1.29 is 9.90 Å². The van der Waals surface area contributed by atoms with E-state index in [1.807, 2.05) is 6.92 Å². The molecule has 0 aliphatic carbocycles. The van der Waals surface area contributed by atoms with E-state index >= 15 is 0 Å². The number of carbonyl (C=O) groups is 1. The zero-order valence-electron chi connectivity index (χ0n) is 12.0. The number of hydrogen-bond donors (Lipinski definition) is 2. The Morgan fingerprint density at radius 3 is 2.64 bits per heavy atom. The fourth-order valence-corrected chi connectivity index (χ4v) is 2.46. The van der Waals surface area contributed by atoms with Gasteiger partial charge in [-0.15, -0.1) is 5.10 Å². The third kappa shape index (κ3) is 3.58. The van der Waals surface area contributed by atoms with Gasteiger partial charge in [-0.1, -0.05) is 36.2 Å². The fourth-order valence-electron chi connectivity index (χ4n) is 1.90. The summed E-state index contributed by atoms with van der Waals surface area (Å²) < 4.78 is 1.49. The van der Waals surface area contributed by atoms with Crippen LogP contribution in [0.15, 0.2) is 18.2 Å². The lowest BCUT2D eigenvalue weighted by Crippen LogP contribution is -2.26. The number of hydrogen-bond acceptors (Lipinski definition) is 4. The maximum absolute atomic E-state index is 12.0. The summed E-state index contributed by atoms with van der Waals surface area (Å²) in [7, 11) is 0. The predicted molar refractivity (Wildman–Crippen MR) is 84.8 cm³/mol. The SMILES string of the molecule is CCc1nc(C(=O)NCCCO)nn1-c1c(Cl)cccc1Cl. The van der Waals surface area contributed by atoms with Crippen LogP contribution < -0.4 is 5.32 Å². The normalized spacial score (nSPS) is 10.7. The Morgan fingerprint density at radius 1 is 1.36 bits per heavy atom. The molecule has 0 unspecified atom stereocenters. The Hall–Kier alpha value is -1.63. The Morgan fingerprint density at radius 2 is 2.05 bits per heavy atom. The smallest absolute Gasteiger partial charge is 0.290 e. The highest BCUT2D eigenvalue weighted by atomic mass is 35.5.